The lowest BCUT2D eigenvalue weighted by molar-refractivity contribution is 0.439. The highest BCUT2D eigenvalue weighted by Crippen LogP contribution is 2.27. The maximum atomic E-state index is 5.28. The molecule has 1 aromatic carbocycles. The molecular formula is C15H16N4O. The molecule has 1 N–H and O–H groups in total. The van der Waals surface area contributed by atoms with E-state index in [1.807, 2.05) is 26.0 Å². The highest BCUT2D eigenvalue weighted by atomic mass is 16.5. The molecule has 102 valence electrons. The molecule has 0 unspecified atom stereocenters. The molecule has 0 saturated heterocycles. The Labute approximate surface area is 117 Å². The minimum absolute atomic E-state index is 0.531. The Morgan fingerprint density at radius 3 is 2.55 bits per heavy atom. The molecule has 3 aromatic rings. The first kappa shape index (κ1) is 12.6. The molecule has 0 fully saturated rings. The van der Waals surface area contributed by atoms with Crippen molar-refractivity contribution in [3.05, 3.63) is 41.3 Å². The van der Waals surface area contributed by atoms with Gasteiger partial charge in [0.1, 0.15) is 17.0 Å². The summed E-state index contributed by atoms with van der Waals surface area (Å²) in [5, 5.41) is 8.24. The van der Waals surface area contributed by atoms with Gasteiger partial charge in [-0.1, -0.05) is 29.8 Å². The number of hydrogen-bond donors (Lipinski definition) is 1. The van der Waals surface area contributed by atoms with Crippen molar-refractivity contribution in [1.82, 2.24) is 15.1 Å². The SMILES string of the molecule is CCc1noc2nc(C)nc(Nc3ccc(C)cc3)c12. The minimum atomic E-state index is 0.531. The summed E-state index contributed by atoms with van der Waals surface area (Å²) in [4.78, 5) is 8.76. The third-order valence-electron chi connectivity index (χ3n) is 3.17. The number of rotatable bonds is 3. The molecule has 0 bridgehead atoms. The van der Waals surface area contributed by atoms with Gasteiger partial charge in [-0.3, -0.25) is 0 Å². The van der Waals surface area contributed by atoms with Crippen LogP contribution in [0.1, 0.15) is 24.0 Å². The fraction of sp³-hybridized carbons (Fsp3) is 0.267. The van der Waals surface area contributed by atoms with E-state index in [1.165, 1.54) is 5.56 Å². The largest absolute Gasteiger partial charge is 0.339 e. The number of benzene rings is 1. The van der Waals surface area contributed by atoms with E-state index in [2.05, 4.69) is 39.5 Å². The van der Waals surface area contributed by atoms with Gasteiger partial charge in [0.25, 0.3) is 5.71 Å². The van der Waals surface area contributed by atoms with Crippen molar-refractivity contribution in [2.45, 2.75) is 27.2 Å². The van der Waals surface area contributed by atoms with Crippen molar-refractivity contribution in [2.75, 3.05) is 5.32 Å². The average Bonchev–Trinajstić information content (AvgIpc) is 2.84. The molecule has 0 aliphatic heterocycles. The second-order valence-corrected chi connectivity index (χ2v) is 4.77. The van der Waals surface area contributed by atoms with Gasteiger partial charge >= 0.3 is 0 Å². The average molecular weight is 268 g/mol. The van der Waals surface area contributed by atoms with E-state index in [0.29, 0.717) is 11.5 Å². The first-order valence-electron chi connectivity index (χ1n) is 6.64. The van der Waals surface area contributed by atoms with E-state index < -0.39 is 0 Å². The maximum Gasteiger partial charge on any atom is 0.263 e. The second kappa shape index (κ2) is 4.92. The monoisotopic (exact) mass is 268 g/mol. The van der Waals surface area contributed by atoms with Crippen LogP contribution in [0.2, 0.25) is 0 Å². The summed E-state index contributed by atoms with van der Waals surface area (Å²) in [5.41, 5.74) is 3.61. The molecule has 3 rings (SSSR count). The normalized spacial score (nSPS) is 10.9. The van der Waals surface area contributed by atoms with Crippen LogP contribution in [-0.4, -0.2) is 15.1 Å². The van der Waals surface area contributed by atoms with E-state index >= 15 is 0 Å². The second-order valence-electron chi connectivity index (χ2n) is 4.77. The smallest absolute Gasteiger partial charge is 0.263 e. The predicted molar refractivity (Wildman–Crippen MR) is 78.2 cm³/mol. The van der Waals surface area contributed by atoms with E-state index in [0.717, 1.165) is 29.0 Å². The van der Waals surface area contributed by atoms with E-state index in [9.17, 15) is 0 Å². The highest BCUT2D eigenvalue weighted by Gasteiger charge is 2.15. The summed E-state index contributed by atoms with van der Waals surface area (Å²) in [7, 11) is 0. The number of aromatic nitrogens is 3. The standard InChI is InChI=1S/C15H16N4O/c1-4-12-13-14(16-10(3)17-15(13)20-19-12)18-11-7-5-9(2)6-8-11/h5-8H,4H2,1-3H3,(H,16,17,18). The summed E-state index contributed by atoms with van der Waals surface area (Å²) < 4.78 is 5.28. The number of hydrogen-bond acceptors (Lipinski definition) is 5. The summed E-state index contributed by atoms with van der Waals surface area (Å²) in [6.07, 6.45) is 0.780. The number of nitrogens with one attached hydrogen (secondary N) is 1. The summed E-state index contributed by atoms with van der Waals surface area (Å²) in [6, 6.07) is 8.17. The fourth-order valence-corrected chi connectivity index (χ4v) is 2.12. The minimum Gasteiger partial charge on any atom is -0.339 e. The van der Waals surface area contributed by atoms with Gasteiger partial charge in [-0.25, -0.2) is 4.98 Å². The lowest BCUT2D eigenvalue weighted by Crippen LogP contribution is -1.99. The van der Waals surface area contributed by atoms with Crippen LogP contribution in [0.25, 0.3) is 11.1 Å². The Morgan fingerprint density at radius 1 is 1.10 bits per heavy atom. The lowest BCUT2D eigenvalue weighted by atomic mass is 10.2. The van der Waals surface area contributed by atoms with Crippen LogP contribution in [0.5, 0.6) is 0 Å². The molecule has 0 amide bonds. The van der Waals surface area contributed by atoms with Crippen molar-refractivity contribution < 1.29 is 4.52 Å². The van der Waals surface area contributed by atoms with Gasteiger partial charge in [-0.05, 0) is 32.4 Å². The Bertz CT molecular complexity index is 746. The van der Waals surface area contributed by atoms with E-state index in [-0.39, 0.29) is 0 Å². The van der Waals surface area contributed by atoms with Crippen molar-refractivity contribution >= 4 is 22.6 Å². The van der Waals surface area contributed by atoms with Crippen molar-refractivity contribution in [2.24, 2.45) is 0 Å². The van der Waals surface area contributed by atoms with Gasteiger partial charge in [0.05, 0.1) is 5.69 Å². The Morgan fingerprint density at radius 2 is 1.85 bits per heavy atom. The van der Waals surface area contributed by atoms with Crippen molar-refractivity contribution in [1.29, 1.82) is 0 Å². The van der Waals surface area contributed by atoms with Crippen molar-refractivity contribution in [3.8, 4) is 0 Å². The highest BCUT2D eigenvalue weighted by molar-refractivity contribution is 5.89. The van der Waals surface area contributed by atoms with Gasteiger partial charge in [-0.2, -0.15) is 4.98 Å². The van der Waals surface area contributed by atoms with Crippen molar-refractivity contribution in [3.63, 3.8) is 0 Å². The molecule has 5 nitrogen and oxygen atoms in total. The van der Waals surface area contributed by atoms with Crippen LogP contribution in [-0.2, 0) is 6.42 Å². The Hall–Kier alpha value is -2.43. The van der Waals surface area contributed by atoms with Gasteiger partial charge in [0, 0.05) is 5.69 Å². The molecule has 2 heterocycles. The number of nitrogens with zero attached hydrogens (tertiary/aromatic N) is 3. The fourth-order valence-electron chi connectivity index (χ4n) is 2.12. The molecule has 5 heteroatoms. The quantitative estimate of drug-likeness (QED) is 0.787. The third kappa shape index (κ3) is 2.22. The van der Waals surface area contributed by atoms with E-state index in [4.69, 9.17) is 4.52 Å². The first-order valence-corrected chi connectivity index (χ1v) is 6.64. The summed E-state index contributed by atoms with van der Waals surface area (Å²) in [6.45, 7) is 5.94. The Balaban J connectivity index is 2.09. The van der Waals surface area contributed by atoms with Crippen LogP contribution in [0.4, 0.5) is 11.5 Å². The maximum absolute atomic E-state index is 5.28. The Kier molecular flexibility index (Phi) is 3.10. The first-order chi connectivity index (χ1) is 9.67. The van der Waals surface area contributed by atoms with Crippen LogP contribution in [0.3, 0.4) is 0 Å². The molecule has 0 aliphatic rings. The van der Waals surface area contributed by atoms with Gasteiger partial charge in [0.15, 0.2) is 0 Å². The van der Waals surface area contributed by atoms with E-state index in [1.54, 1.807) is 0 Å². The lowest BCUT2D eigenvalue weighted by Gasteiger charge is -2.07. The number of fused-ring (bicyclic) bond motifs is 1. The van der Waals surface area contributed by atoms with Crippen LogP contribution in [0.15, 0.2) is 28.8 Å². The van der Waals surface area contributed by atoms with Crippen LogP contribution >= 0.6 is 0 Å². The van der Waals surface area contributed by atoms with Crippen LogP contribution in [0, 0.1) is 13.8 Å². The molecule has 20 heavy (non-hydrogen) atoms. The molecule has 0 radical (unpaired) electrons. The summed E-state index contributed by atoms with van der Waals surface area (Å²) in [5.74, 6) is 1.40. The molecule has 2 aromatic heterocycles. The number of aryl methyl sites for hydroxylation is 3. The molecule has 0 spiro atoms. The predicted octanol–water partition coefficient (Wildman–Crippen LogP) is 3.54. The molecule has 0 aliphatic carbocycles. The van der Waals surface area contributed by atoms with Crippen LogP contribution < -0.4 is 5.32 Å². The zero-order valence-electron chi connectivity index (χ0n) is 11.8. The third-order valence-corrected chi connectivity index (χ3v) is 3.17. The molecule has 0 atom stereocenters. The molecular weight excluding hydrogens is 252 g/mol. The topological polar surface area (TPSA) is 63.8 Å². The zero-order valence-corrected chi connectivity index (χ0v) is 11.8. The van der Waals surface area contributed by atoms with Gasteiger partial charge in [-0.15, -0.1) is 0 Å². The van der Waals surface area contributed by atoms with Gasteiger partial charge in [0.2, 0.25) is 0 Å². The summed E-state index contributed by atoms with van der Waals surface area (Å²) >= 11 is 0. The van der Waals surface area contributed by atoms with Gasteiger partial charge < -0.3 is 9.84 Å². The number of anilines is 2. The molecule has 0 saturated carbocycles. The zero-order chi connectivity index (χ0) is 14.1.